The molecule has 10 heteroatoms. The van der Waals surface area contributed by atoms with Crippen LogP contribution in [-0.2, 0) is 16.6 Å². The number of aromatic nitrogens is 1. The van der Waals surface area contributed by atoms with Crippen LogP contribution in [0.5, 0.6) is 0 Å². The number of nitrogens with one attached hydrogen (secondary N) is 1. The Morgan fingerprint density at radius 2 is 2.19 bits per heavy atom. The third-order valence-electron chi connectivity index (χ3n) is 2.58. The van der Waals surface area contributed by atoms with E-state index in [1.807, 2.05) is 0 Å². The zero-order valence-electron chi connectivity index (χ0n) is 10.9. The molecule has 2 aromatic rings. The maximum absolute atomic E-state index is 12.2. The Kier molecular flexibility index (Phi) is 4.21. The fourth-order valence-corrected chi connectivity index (χ4v) is 3.66. The van der Waals surface area contributed by atoms with Crippen molar-refractivity contribution >= 4 is 32.7 Å². The standard InChI is InChI=1S/C11H12N4O4S2/c1-7-13-5-9(20-7)6-14-21(18,19)11-4-8(12)2-3-10(11)15(16)17/h2-5,14H,6,12H2,1H3. The minimum Gasteiger partial charge on any atom is -0.399 e. The normalized spacial score (nSPS) is 11.5. The van der Waals surface area contributed by atoms with E-state index in [0.29, 0.717) is 4.88 Å². The van der Waals surface area contributed by atoms with E-state index in [0.717, 1.165) is 17.1 Å². The lowest BCUT2D eigenvalue weighted by atomic mass is 10.3. The number of benzene rings is 1. The van der Waals surface area contributed by atoms with Gasteiger partial charge in [-0.15, -0.1) is 11.3 Å². The van der Waals surface area contributed by atoms with Crippen molar-refractivity contribution in [1.29, 1.82) is 0 Å². The summed E-state index contributed by atoms with van der Waals surface area (Å²) in [4.78, 5) is 14.4. The molecule has 2 rings (SSSR count). The van der Waals surface area contributed by atoms with Crippen LogP contribution in [0.25, 0.3) is 0 Å². The van der Waals surface area contributed by atoms with Crippen molar-refractivity contribution in [2.45, 2.75) is 18.4 Å². The van der Waals surface area contributed by atoms with E-state index >= 15 is 0 Å². The maximum Gasteiger partial charge on any atom is 0.289 e. The summed E-state index contributed by atoms with van der Waals surface area (Å²) >= 11 is 1.34. The predicted molar refractivity (Wildman–Crippen MR) is 78.4 cm³/mol. The molecule has 0 amide bonds. The predicted octanol–water partition coefficient (Wildman–Crippen LogP) is 1.42. The lowest BCUT2D eigenvalue weighted by Gasteiger charge is -2.07. The van der Waals surface area contributed by atoms with E-state index < -0.39 is 25.5 Å². The molecule has 8 nitrogen and oxygen atoms in total. The van der Waals surface area contributed by atoms with Crippen LogP contribution in [0.4, 0.5) is 11.4 Å². The number of hydrogen-bond acceptors (Lipinski definition) is 7. The minimum absolute atomic E-state index is 0.0137. The lowest BCUT2D eigenvalue weighted by molar-refractivity contribution is -0.387. The minimum atomic E-state index is -4.04. The number of aryl methyl sites for hydroxylation is 1. The van der Waals surface area contributed by atoms with Crippen LogP contribution in [0, 0.1) is 17.0 Å². The average molecular weight is 328 g/mol. The first-order chi connectivity index (χ1) is 9.79. The smallest absolute Gasteiger partial charge is 0.289 e. The summed E-state index contributed by atoms with van der Waals surface area (Å²) in [6.45, 7) is 1.81. The highest BCUT2D eigenvalue weighted by Gasteiger charge is 2.25. The first-order valence-electron chi connectivity index (χ1n) is 5.74. The van der Waals surface area contributed by atoms with Crippen LogP contribution >= 0.6 is 11.3 Å². The molecular formula is C11H12N4O4S2. The van der Waals surface area contributed by atoms with Gasteiger partial charge in [-0.25, -0.2) is 18.1 Å². The van der Waals surface area contributed by atoms with E-state index in [2.05, 4.69) is 9.71 Å². The summed E-state index contributed by atoms with van der Waals surface area (Å²) in [6.07, 6.45) is 1.55. The van der Waals surface area contributed by atoms with Gasteiger partial charge < -0.3 is 5.73 Å². The number of nitro groups is 1. The second-order valence-corrected chi connectivity index (χ2v) is 7.21. The first-order valence-corrected chi connectivity index (χ1v) is 8.04. The van der Waals surface area contributed by atoms with Crippen LogP contribution in [0.2, 0.25) is 0 Å². The van der Waals surface area contributed by atoms with Gasteiger partial charge in [-0.2, -0.15) is 0 Å². The van der Waals surface area contributed by atoms with Crippen LogP contribution in [-0.4, -0.2) is 18.3 Å². The van der Waals surface area contributed by atoms with E-state index in [4.69, 9.17) is 5.73 Å². The average Bonchev–Trinajstić information content (AvgIpc) is 2.82. The third kappa shape index (κ3) is 3.54. The highest BCUT2D eigenvalue weighted by molar-refractivity contribution is 7.89. The summed E-state index contributed by atoms with van der Waals surface area (Å²) < 4.78 is 26.7. The Balaban J connectivity index is 2.31. The molecule has 21 heavy (non-hydrogen) atoms. The molecule has 3 N–H and O–H groups in total. The Bertz CT molecular complexity index is 785. The highest BCUT2D eigenvalue weighted by atomic mass is 32.2. The van der Waals surface area contributed by atoms with Crippen molar-refractivity contribution in [2.75, 3.05) is 5.73 Å². The van der Waals surface area contributed by atoms with Crippen molar-refractivity contribution in [3.8, 4) is 0 Å². The number of nitrogens with zero attached hydrogens (tertiary/aromatic N) is 2. The number of sulfonamides is 1. The molecule has 0 aliphatic carbocycles. The number of nitro benzene ring substituents is 1. The maximum atomic E-state index is 12.2. The number of hydrogen-bond donors (Lipinski definition) is 2. The molecule has 1 aromatic carbocycles. The quantitative estimate of drug-likeness (QED) is 0.485. The molecule has 0 saturated carbocycles. The van der Waals surface area contributed by atoms with Gasteiger partial charge in [0.25, 0.3) is 5.69 Å². The van der Waals surface area contributed by atoms with Crippen molar-refractivity contribution < 1.29 is 13.3 Å². The van der Waals surface area contributed by atoms with Crippen LogP contribution < -0.4 is 10.5 Å². The molecule has 1 heterocycles. The number of rotatable bonds is 5. The van der Waals surface area contributed by atoms with Crippen molar-refractivity contribution in [3.05, 3.63) is 44.4 Å². The summed E-state index contributed by atoms with van der Waals surface area (Å²) in [7, 11) is -4.04. The second kappa shape index (κ2) is 5.76. The van der Waals surface area contributed by atoms with E-state index in [1.54, 1.807) is 13.1 Å². The fourth-order valence-electron chi connectivity index (χ4n) is 1.63. The summed E-state index contributed by atoms with van der Waals surface area (Å²) in [5.74, 6) is 0. The van der Waals surface area contributed by atoms with Crippen molar-refractivity contribution in [3.63, 3.8) is 0 Å². The molecule has 0 aliphatic rings. The largest absolute Gasteiger partial charge is 0.399 e. The molecule has 0 radical (unpaired) electrons. The molecule has 1 aromatic heterocycles. The summed E-state index contributed by atoms with van der Waals surface area (Å²) in [5.41, 5.74) is 5.13. The SMILES string of the molecule is Cc1ncc(CNS(=O)(=O)c2cc(N)ccc2[N+](=O)[O-])s1. The summed E-state index contributed by atoms with van der Waals surface area (Å²) in [6, 6.07) is 3.42. The van der Waals surface area contributed by atoms with Crippen LogP contribution in [0.15, 0.2) is 29.3 Å². The van der Waals surface area contributed by atoms with E-state index in [1.165, 1.54) is 17.4 Å². The molecule has 0 atom stereocenters. The molecule has 112 valence electrons. The van der Waals surface area contributed by atoms with Crippen molar-refractivity contribution in [2.24, 2.45) is 0 Å². The summed E-state index contributed by atoms with van der Waals surface area (Å²) in [5, 5.41) is 11.7. The van der Waals surface area contributed by atoms with Gasteiger partial charge in [0.2, 0.25) is 10.0 Å². The van der Waals surface area contributed by atoms with E-state index in [-0.39, 0.29) is 12.2 Å². The molecule has 0 spiro atoms. The number of nitrogen functional groups attached to an aromatic ring is 1. The first kappa shape index (κ1) is 15.4. The van der Waals surface area contributed by atoms with Gasteiger partial charge in [-0.1, -0.05) is 0 Å². The third-order valence-corrected chi connectivity index (χ3v) is 4.92. The molecule has 0 fully saturated rings. The zero-order valence-corrected chi connectivity index (χ0v) is 12.6. The Morgan fingerprint density at radius 1 is 1.48 bits per heavy atom. The van der Waals surface area contributed by atoms with Gasteiger partial charge in [-0.05, 0) is 19.1 Å². The zero-order chi connectivity index (χ0) is 15.6. The Labute approximate surface area is 124 Å². The van der Waals surface area contributed by atoms with E-state index in [9.17, 15) is 18.5 Å². The van der Waals surface area contributed by atoms with Crippen LogP contribution in [0.1, 0.15) is 9.88 Å². The van der Waals surface area contributed by atoms with Gasteiger partial charge >= 0.3 is 0 Å². The molecule has 0 bridgehead atoms. The number of thiazole rings is 1. The number of nitrogens with two attached hydrogens (primary N) is 1. The molecule has 0 aliphatic heterocycles. The van der Waals surface area contributed by atoms with Gasteiger partial charge in [-0.3, -0.25) is 10.1 Å². The van der Waals surface area contributed by atoms with Crippen molar-refractivity contribution in [1.82, 2.24) is 9.71 Å². The second-order valence-electron chi connectivity index (χ2n) is 4.15. The van der Waals surface area contributed by atoms with Crippen LogP contribution in [0.3, 0.4) is 0 Å². The molecular weight excluding hydrogens is 316 g/mol. The lowest BCUT2D eigenvalue weighted by Crippen LogP contribution is -2.23. The topological polar surface area (TPSA) is 128 Å². The van der Waals surface area contributed by atoms with Gasteiger partial charge in [0, 0.05) is 29.4 Å². The monoisotopic (exact) mass is 328 g/mol. The fraction of sp³-hybridized carbons (Fsp3) is 0.182. The Hall–Kier alpha value is -2.04. The Morgan fingerprint density at radius 3 is 2.76 bits per heavy atom. The molecule has 0 unspecified atom stereocenters. The highest BCUT2D eigenvalue weighted by Crippen LogP contribution is 2.26. The molecule has 0 saturated heterocycles. The number of anilines is 1. The van der Waals surface area contributed by atoms with Gasteiger partial charge in [0.05, 0.1) is 9.93 Å². The van der Waals surface area contributed by atoms with Gasteiger partial charge in [0.15, 0.2) is 4.90 Å². The van der Waals surface area contributed by atoms with Gasteiger partial charge in [0.1, 0.15) is 0 Å².